The highest BCUT2D eigenvalue weighted by Crippen LogP contribution is 2.20. The van der Waals surface area contributed by atoms with Gasteiger partial charge in [-0.25, -0.2) is 0 Å². The van der Waals surface area contributed by atoms with E-state index in [1.54, 1.807) is 0 Å². The molecule has 0 amide bonds. The highest BCUT2D eigenvalue weighted by atomic mass is 16.4. The fourth-order valence-corrected chi connectivity index (χ4v) is 2.97. The number of hydrogen-bond acceptors (Lipinski definition) is 3. The summed E-state index contributed by atoms with van der Waals surface area (Å²) in [6.45, 7) is 3.83. The minimum atomic E-state index is -0.941. The molecular weight excluding hydrogens is 266 g/mol. The lowest BCUT2D eigenvalue weighted by Crippen LogP contribution is -2.43. The van der Waals surface area contributed by atoms with Crippen LogP contribution >= 0.6 is 0 Å². The van der Waals surface area contributed by atoms with Gasteiger partial charge in [0.1, 0.15) is 0 Å². The van der Waals surface area contributed by atoms with Gasteiger partial charge in [0.2, 0.25) is 0 Å². The van der Waals surface area contributed by atoms with Crippen LogP contribution in [-0.2, 0) is 4.79 Å². The number of rotatable bonds is 6. The quantitative estimate of drug-likeness (QED) is 0.790. The maximum atomic E-state index is 12.7. The average molecular weight is 289 g/mol. The van der Waals surface area contributed by atoms with Gasteiger partial charge in [0.15, 0.2) is 5.78 Å². The summed E-state index contributed by atoms with van der Waals surface area (Å²) in [7, 11) is 0. The Bertz CT molecular complexity index is 533. The van der Waals surface area contributed by atoms with Gasteiger partial charge in [0, 0.05) is 11.6 Å². The Morgan fingerprint density at radius 3 is 2.57 bits per heavy atom. The Morgan fingerprint density at radius 2 is 1.95 bits per heavy atom. The van der Waals surface area contributed by atoms with Gasteiger partial charge < -0.3 is 10.4 Å². The summed E-state index contributed by atoms with van der Waals surface area (Å²) < 4.78 is 0. The van der Waals surface area contributed by atoms with Crippen LogP contribution in [0.25, 0.3) is 0 Å². The molecule has 0 bridgehead atoms. The average Bonchev–Trinajstić information content (AvgIpc) is 2.92. The molecule has 4 nitrogen and oxygen atoms in total. The molecule has 2 rings (SSSR count). The van der Waals surface area contributed by atoms with Crippen LogP contribution < -0.4 is 5.32 Å². The molecule has 0 radical (unpaired) electrons. The molecule has 0 aliphatic heterocycles. The number of hydrogen-bond donors (Lipinski definition) is 2. The van der Waals surface area contributed by atoms with Crippen molar-refractivity contribution in [3.8, 4) is 0 Å². The van der Waals surface area contributed by atoms with Gasteiger partial charge >= 0.3 is 5.97 Å². The number of Topliss-reactive ketones (excluding diaryl/α,β-unsaturated/α-hetero) is 1. The SMILES string of the molecule is Cc1ccc(C)c(C(=O)C(CC(=O)O)NC2CCCC2)c1. The fourth-order valence-electron chi connectivity index (χ4n) is 2.97. The molecule has 1 aliphatic rings. The predicted octanol–water partition coefficient (Wildman–Crippen LogP) is 2.86. The van der Waals surface area contributed by atoms with E-state index in [-0.39, 0.29) is 18.2 Å². The maximum Gasteiger partial charge on any atom is 0.305 e. The zero-order chi connectivity index (χ0) is 15.4. The molecule has 1 aliphatic carbocycles. The zero-order valence-corrected chi connectivity index (χ0v) is 12.7. The van der Waals surface area contributed by atoms with Crippen LogP contribution in [0.3, 0.4) is 0 Å². The monoisotopic (exact) mass is 289 g/mol. The second-order valence-corrected chi connectivity index (χ2v) is 5.98. The number of benzene rings is 1. The van der Waals surface area contributed by atoms with Crippen molar-refractivity contribution in [2.45, 2.75) is 58.0 Å². The zero-order valence-electron chi connectivity index (χ0n) is 12.7. The minimum Gasteiger partial charge on any atom is -0.481 e. The molecule has 21 heavy (non-hydrogen) atoms. The molecule has 0 spiro atoms. The molecular formula is C17H23NO3. The normalized spacial score (nSPS) is 16.9. The van der Waals surface area contributed by atoms with Gasteiger partial charge in [-0.2, -0.15) is 0 Å². The minimum absolute atomic E-state index is 0.106. The van der Waals surface area contributed by atoms with Crippen molar-refractivity contribution in [2.24, 2.45) is 0 Å². The highest BCUT2D eigenvalue weighted by molar-refractivity contribution is 6.03. The van der Waals surface area contributed by atoms with Crippen LogP contribution in [-0.4, -0.2) is 28.9 Å². The third kappa shape index (κ3) is 4.14. The largest absolute Gasteiger partial charge is 0.481 e. The first kappa shape index (κ1) is 15.7. The number of ketones is 1. The summed E-state index contributed by atoms with van der Waals surface area (Å²) >= 11 is 0. The van der Waals surface area contributed by atoms with E-state index in [0.29, 0.717) is 5.56 Å². The Morgan fingerprint density at radius 1 is 1.29 bits per heavy atom. The molecule has 1 atom stereocenters. The first-order valence-corrected chi connectivity index (χ1v) is 7.56. The van der Waals surface area contributed by atoms with Gasteiger partial charge in [-0.05, 0) is 38.3 Å². The highest BCUT2D eigenvalue weighted by Gasteiger charge is 2.27. The number of nitrogens with one attached hydrogen (secondary N) is 1. The van der Waals surface area contributed by atoms with Crippen LogP contribution in [0.15, 0.2) is 18.2 Å². The van der Waals surface area contributed by atoms with Crippen LogP contribution in [0.2, 0.25) is 0 Å². The van der Waals surface area contributed by atoms with Crippen LogP contribution in [0.4, 0.5) is 0 Å². The van der Waals surface area contributed by atoms with Crippen LogP contribution in [0.1, 0.15) is 53.6 Å². The van der Waals surface area contributed by atoms with Gasteiger partial charge in [-0.1, -0.05) is 30.5 Å². The Labute approximate surface area is 125 Å². The fraction of sp³-hybridized carbons (Fsp3) is 0.529. The molecule has 0 saturated heterocycles. The van der Waals surface area contributed by atoms with Crippen molar-refractivity contribution in [1.82, 2.24) is 5.32 Å². The number of aryl methyl sites for hydroxylation is 2. The van der Waals surface area contributed by atoms with Gasteiger partial charge in [-0.3, -0.25) is 9.59 Å². The van der Waals surface area contributed by atoms with E-state index in [1.807, 2.05) is 32.0 Å². The van der Waals surface area contributed by atoms with Crippen molar-refractivity contribution in [3.63, 3.8) is 0 Å². The molecule has 114 valence electrons. The molecule has 1 unspecified atom stereocenters. The van der Waals surface area contributed by atoms with Crippen molar-refractivity contribution >= 4 is 11.8 Å². The summed E-state index contributed by atoms with van der Waals surface area (Å²) in [5.74, 6) is -1.05. The van der Waals surface area contributed by atoms with E-state index in [4.69, 9.17) is 5.11 Å². The third-order valence-electron chi connectivity index (χ3n) is 4.15. The van der Waals surface area contributed by atoms with E-state index in [1.165, 1.54) is 0 Å². The van der Waals surface area contributed by atoms with E-state index < -0.39 is 12.0 Å². The topological polar surface area (TPSA) is 66.4 Å². The van der Waals surface area contributed by atoms with Crippen molar-refractivity contribution < 1.29 is 14.7 Å². The summed E-state index contributed by atoms with van der Waals surface area (Å²) in [6, 6.07) is 5.36. The Hall–Kier alpha value is -1.68. The predicted molar refractivity (Wildman–Crippen MR) is 81.7 cm³/mol. The van der Waals surface area contributed by atoms with Gasteiger partial charge in [0.25, 0.3) is 0 Å². The lowest BCUT2D eigenvalue weighted by molar-refractivity contribution is -0.137. The number of carbonyl (C=O) groups excluding carboxylic acids is 1. The van der Waals surface area contributed by atoms with Crippen LogP contribution in [0, 0.1) is 13.8 Å². The van der Waals surface area contributed by atoms with Crippen LogP contribution in [0.5, 0.6) is 0 Å². The first-order valence-electron chi connectivity index (χ1n) is 7.56. The number of carbonyl (C=O) groups is 2. The molecule has 2 N–H and O–H groups in total. The number of aliphatic carboxylic acids is 1. The van der Waals surface area contributed by atoms with Gasteiger partial charge in [-0.15, -0.1) is 0 Å². The Kier molecular flexibility index (Phi) is 5.12. The lowest BCUT2D eigenvalue weighted by Gasteiger charge is -2.21. The van der Waals surface area contributed by atoms with E-state index in [0.717, 1.165) is 36.8 Å². The third-order valence-corrected chi connectivity index (χ3v) is 4.15. The summed E-state index contributed by atoms with van der Waals surface area (Å²) in [5, 5.41) is 12.3. The lowest BCUT2D eigenvalue weighted by atomic mass is 9.95. The maximum absolute atomic E-state index is 12.7. The summed E-state index contributed by atoms with van der Waals surface area (Å²) in [6.07, 6.45) is 4.18. The van der Waals surface area contributed by atoms with E-state index >= 15 is 0 Å². The van der Waals surface area contributed by atoms with Crippen molar-refractivity contribution in [1.29, 1.82) is 0 Å². The van der Waals surface area contributed by atoms with Crippen molar-refractivity contribution in [3.05, 3.63) is 34.9 Å². The smallest absolute Gasteiger partial charge is 0.305 e. The number of carboxylic acids is 1. The first-order chi connectivity index (χ1) is 9.97. The molecule has 0 heterocycles. The molecule has 1 aromatic carbocycles. The van der Waals surface area contributed by atoms with E-state index in [9.17, 15) is 9.59 Å². The number of carboxylic acid groups (broad SMARTS) is 1. The molecule has 1 fully saturated rings. The Balaban J connectivity index is 2.19. The molecule has 0 aromatic heterocycles. The second kappa shape index (κ2) is 6.85. The van der Waals surface area contributed by atoms with E-state index in [2.05, 4.69) is 5.32 Å². The molecule has 1 aromatic rings. The summed E-state index contributed by atoms with van der Waals surface area (Å²) in [4.78, 5) is 23.8. The van der Waals surface area contributed by atoms with Crippen molar-refractivity contribution in [2.75, 3.05) is 0 Å². The van der Waals surface area contributed by atoms with Gasteiger partial charge in [0.05, 0.1) is 12.5 Å². The summed E-state index contributed by atoms with van der Waals surface area (Å²) in [5.41, 5.74) is 2.54. The standard InChI is InChI=1S/C17H23NO3/c1-11-7-8-12(2)14(9-11)17(21)15(10-16(19)20)18-13-5-3-4-6-13/h7-9,13,15,18H,3-6,10H2,1-2H3,(H,19,20). The molecule has 1 saturated carbocycles. The molecule has 4 heteroatoms. The second-order valence-electron chi connectivity index (χ2n) is 5.98.